The third-order valence-electron chi connectivity index (χ3n) is 3.21. The van der Waals surface area contributed by atoms with E-state index >= 15 is 0 Å². The van der Waals surface area contributed by atoms with Crippen LogP contribution < -0.4 is 5.73 Å². The molecule has 1 heteroatoms. The Bertz CT molecular complexity index is 317. The van der Waals surface area contributed by atoms with E-state index in [9.17, 15) is 0 Å². The fourth-order valence-electron chi connectivity index (χ4n) is 2.06. The summed E-state index contributed by atoms with van der Waals surface area (Å²) in [7, 11) is 0. The maximum Gasteiger partial charge on any atom is 0.0349 e. The zero-order chi connectivity index (χ0) is 8.77. The molecule has 0 aliphatic heterocycles. The first-order chi connectivity index (χ1) is 5.67. The van der Waals surface area contributed by atoms with E-state index in [-0.39, 0.29) is 0 Å². The zero-order valence-electron chi connectivity index (χ0n) is 7.72. The Hall–Kier alpha value is -0.980. The van der Waals surface area contributed by atoms with Crippen molar-refractivity contribution in [3.63, 3.8) is 0 Å². The Morgan fingerprint density at radius 3 is 2.92 bits per heavy atom. The second-order valence-electron chi connectivity index (χ2n) is 3.96. The number of rotatable bonds is 1. The lowest BCUT2D eigenvalue weighted by Crippen LogP contribution is -2.35. The predicted octanol–water partition coefficient (Wildman–Crippen LogP) is 2.49. The number of fused-ring (bicyclic) bond motifs is 1. The van der Waals surface area contributed by atoms with Crippen molar-refractivity contribution in [2.75, 3.05) is 5.73 Å². The summed E-state index contributed by atoms with van der Waals surface area (Å²) < 4.78 is 0. The number of anilines is 1. The van der Waals surface area contributed by atoms with Crippen molar-refractivity contribution in [2.24, 2.45) is 0 Å². The van der Waals surface area contributed by atoms with Crippen LogP contribution >= 0.6 is 0 Å². The average Bonchev–Trinajstić information content (AvgIpc) is 2.06. The van der Waals surface area contributed by atoms with Crippen molar-refractivity contribution in [1.82, 2.24) is 0 Å². The van der Waals surface area contributed by atoms with Gasteiger partial charge in [-0.1, -0.05) is 26.0 Å². The molecule has 0 fully saturated rings. The first-order valence-electron chi connectivity index (χ1n) is 4.55. The maximum atomic E-state index is 5.85. The molecule has 2 N–H and O–H groups in total. The zero-order valence-corrected chi connectivity index (χ0v) is 7.72. The third kappa shape index (κ3) is 0.795. The molecule has 1 aromatic carbocycles. The summed E-state index contributed by atoms with van der Waals surface area (Å²) in [6.45, 7) is 4.56. The van der Waals surface area contributed by atoms with Crippen LogP contribution in [-0.2, 0) is 11.8 Å². The number of hydrogen-bond donors (Lipinski definition) is 1. The smallest absolute Gasteiger partial charge is 0.0349 e. The van der Waals surface area contributed by atoms with Crippen molar-refractivity contribution in [3.05, 3.63) is 29.3 Å². The first kappa shape index (κ1) is 7.66. The molecular weight excluding hydrogens is 146 g/mol. The minimum atomic E-state index is 0.407. The highest BCUT2D eigenvalue weighted by Gasteiger charge is 2.37. The van der Waals surface area contributed by atoms with E-state index in [2.05, 4.69) is 26.0 Å². The van der Waals surface area contributed by atoms with Crippen LogP contribution in [0, 0.1) is 0 Å². The van der Waals surface area contributed by atoms with Crippen molar-refractivity contribution in [2.45, 2.75) is 32.1 Å². The highest BCUT2D eigenvalue weighted by atomic mass is 14.6. The molecule has 0 unspecified atom stereocenters. The minimum Gasteiger partial charge on any atom is -0.398 e. The maximum absolute atomic E-state index is 5.85. The second-order valence-corrected chi connectivity index (χ2v) is 3.96. The molecule has 0 radical (unpaired) electrons. The lowest BCUT2D eigenvalue weighted by molar-refractivity contribution is 0.396. The van der Waals surface area contributed by atoms with Crippen molar-refractivity contribution in [3.8, 4) is 0 Å². The van der Waals surface area contributed by atoms with Gasteiger partial charge in [0.15, 0.2) is 0 Å². The first-order valence-corrected chi connectivity index (χ1v) is 4.55. The van der Waals surface area contributed by atoms with Crippen LogP contribution in [0.15, 0.2) is 18.2 Å². The Balaban J connectivity index is 2.48. The van der Waals surface area contributed by atoms with Gasteiger partial charge in [-0.15, -0.1) is 0 Å². The largest absolute Gasteiger partial charge is 0.398 e. The molecule has 1 aliphatic rings. The highest BCUT2D eigenvalue weighted by molar-refractivity contribution is 5.59. The van der Waals surface area contributed by atoms with E-state index in [1.54, 1.807) is 0 Å². The Kier molecular flexibility index (Phi) is 1.44. The van der Waals surface area contributed by atoms with Gasteiger partial charge in [-0.25, -0.2) is 0 Å². The van der Waals surface area contributed by atoms with Gasteiger partial charge in [0.25, 0.3) is 0 Å². The van der Waals surface area contributed by atoms with Gasteiger partial charge in [0.2, 0.25) is 0 Å². The SMILES string of the molecule is CC[C@]1(C)Cc2c(N)cccc21. The lowest BCUT2D eigenvalue weighted by atomic mass is 9.63. The molecule has 0 heterocycles. The number of nitrogens with two attached hydrogens (primary N) is 1. The molecule has 64 valence electrons. The molecule has 1 aromatic rings. The summed E-state index contributed by atoms with van der Waals surface area (Å²) >= 11 is 0. The molecule has 1 atom stereocenters. The topological polar surface area (TPSA) is 26.0 Å². The normalized spacial score (nSPS) is 26.2. The molecule has 0 amide bonds. The standard InChI is InChI=1S/C11H15N/c1-3-11(2)7-8-9(11)5-4-6-10(8)12/h4-6H,3,7,12H2,1-2H3/t11-/m1/s1. The van der Waals surface area contributed by atoms with Crippen LogP contribution in [0.5, 0.6) is 0 Å². The summed E-state index contributed by atoms with van der Waals surface area (Å²) in [5, 5.41) is 0. The van der Waals surface area contributed by atoms with Gasteiger partial charge in [-0.2, -0.15) is 0 Å². The van der Waals surface area contributed by atoms with E-state index in [4.69, 9.17) is 5.73 Å². The van der Waals surface area contributed by atoms with Gasteiger partial charge >= 0.3 is 0 Å². The quantitative estimate of drug-likeness (QED) is 0.629. The fourth-order valence-corrected chi connectivity index (χ4v) is 2.06. The van der Waals surface area contributed by atoms with Crippen LogP contribution in [0.2, 0.25) is 0 Å². The molecular formula is C11H15N. The van der Waals surface area contributed by atoms with E-state index in [1.807, 2.05) is 6.07 Å². The monoisotopic (exact) mass is 161 g/mol. The highest BCUT2D eigenvalue weighted by Crippen LogP contribution is 2.45. The third-order valence-corrected chi connectivity index (χ3v) is 3.21. The Morgan fingerprint density at radius 2 is 2.25 bits per heavy atom. The minimum absolute atomic E-state index is 0.407. The summed E-state index contributed by atoms with van der Waals surface area (Å²) in [5.74, 6) is 0. The van der Waals surface area contributed by atoms with E-state index < -0.39 is 0 Å². The summed E-state index contributed by atoms with van der Waals surface area (Å²) in [4.78, 5) is 0. The molecule has 2 rings (SSSR count). The van der Waals surface area contributed by atoms with Crippen molar-refractivity contribution in [1.29, 1.82) is 0 Å². The van der Waals surface area contributed by atoms with Crippen LogP contribution in [0.4, 0.5) is 5.69 Å². The summed E-state index contributed by atoms with van der Waals surface area (Å²) in [5.41, 5.74) is 10.1. The van der Waals surface area contributed by atoms with Gasteiger partial charge < -0.3 is 5.73 Å². The van der Waals surface area contributed by atoms with E-state index in [0.717, 1.165) is 12.1 Å². The molecule has 12 heavy (non-hydrogen) atoms. The molecule has 0 spiro atoms. The van der Waals surface area contributed by atoms with Crippen LogP contribution in [0.3, 0.4) is 0 Å². The molecule has 1 nitrogen and oxygen atoms in total. The molecule has 0 saturated heterocycles. The number of hydrogen-bond acceptors (Lipinski definition) is 1. The number of benzene rings is 1. The summed E-state index contributed by atoms with van der Waals surface area (Å²) in [6.07, 6.45) is 2.37. The van der Waals surface area contributed by atoms with E-state index in [0.29, 0.717) is 5.41 Å². The Labute approximate surface area is 73.6 Å². The van der Waals surface area contributed by atoms with Crippen molar-refractivity contribution < 1.29 is 0 Å². The van der Waals surface area contributed by atoms with Gasteiger partial charge in [-0.3, -0.25) is 0 Å². The fraction of sp³-hybridized carbons (Fsp3) is 0.455. The Morgan fingerprint density at radius 1 is 1.50 bits per heavy atom. The van der Waals surface area contributed by atoms with Crippen molar-refractivity contribution >= 4 is 5.69 Å². The van der Waals surface area contributed by atoms with E-state index in [1.165, 1.54) is 17.5 Å². The molecule has 0 saturated carbocycles. The second kappa shape index (κ2) is 2.25. The van der Waals surface area contributed by atoms with Crippen LogP contribution in [-0.4, -0.2) is 0 Å². The van der Waals surface area contributed by atoms with Gasteiger partial charge in [0, 0.05) is 5.69 Å². The van der Waals surface area contributed by atoms with Crippen LogP contribution in [0.1, 0.15) is 31.4 Å². The lowest BCUT2D eigenvalue weighted by Gasteiger charge is -2.41. The summed E-state index contributed by atoms with van der Waals surface area (Å²) in [6, 6.07) is 6.26. The van der Waals surface area contributed by atoms with Gasteiger partial charge in [0.1, 0.15) is 0 Å². The van der Waals surface area contributed by atoms with Gasteiger partial charge in [0.05, 0.1) is 0 Å². The molecule has 0 bridgehead atoms. The number of nitrogen functional groups attached to an aromatic ring is 1. The van der Waals surface area contributed by atoms with Crippen LogP contribution in [0.25, 0.3) is 0 Å². The predicted molar refractivity (Wildman–Crippen MR) is 52.2 cm³/mol. The molecule has 0 aromatic heterocycles. The van der Waals surface area contributed by atoms with Gasteiger partial charge in [-0.05, 0) is 35.4 Å². The average molecular weight is 161 g/mol. The molecule has 1 aliphatic carbocycles.